The molecule has 2 N–H and O–H groups in total. The van der Waals surface area contributed by atoms with Gasteiger partial charge in [0.05, 0.1) is 11.1 Å². The van der Waals surface area contributed by atoms with Crippen LogP contribution in [0.15, 0.2) is 23.1 Å². The quantitative estimate of drug-likeness (QED) is 0.810. The van der Waals surface area contributed by atoms with Gasteiger partial charge in [-0.3, -0.25) is 4.79 Å². The molecule has 15 heavy (non-hydrogen) atoms. The molecule has 0 radical (unpaired) electrons. The second-order valence-corrected chi connectivity index (χ2v) is 4.34. The fraction of sp³-hybridized carbons (Fsp3) is 0.500. The molecular weight excluding hydrogens is 202 g/mol. The van der Waals surface area contributed by atoms with E-state index in [1.807, 2.05) is 0 Å². The van der Waals surface area contributed by atoms with E-state index < -0.39 is 16.9 Å². The first-order chi connectivity index (χ1) is 6.86. The number of hydrogen-bond donors (Lipinski definition) is 1. The molecule has 0 bridgehead atoms. The third-order valence-corrected chi connectivity index (χ3v) is 2.94. The number of halogens is 2. The third-order valence-electron chi connectivity index (χ3n) is 2.94. The summed E-state index contributed by atoms with van der Waals surface area (Å²) in [7, 11) is 0. The second kappa shape index (κ2) is 2.81. The van der Waals surface area contributed by atoms with Gasteiger partial charge in [0.25, 0.3) is 11.5 Å². The lowest BCUT2D eigenvalue weighted by Gasteiger charge is -2.12. The van der Waals surface area contributed by atoms with E-state index in [1.54, 1.807) is 6.07 Å². The minimum Gasteiger partial charge on any atom is -0.394 e. The number of rotatable bonds is 2. The van der Waals surface area contributed by atoms with Crippen LogP contribution < -0.4 is 11.3 Å². The van der Waals surface area contributed by atoms with E-state index in [9.17, 15) is 13.6 Å². The van der Waals surface area contributed by atoms with Gasteiger partial charge in [-0.25, -0.2) is 8.78 Å². The summed E-state index contributed by atoms with van der Waals surface area (Å²) in [5, 5.41) is 0. The Kier molecular flexibility index (Phi) is 1.90. The van der Waals surface area contributed by atoms with Gasteiger partial charge in [-0.1, -0.05) is 6.92 Å². The molecule has 3 nitrogen and oxygen atoms in total. The van der Waals surface area contributed by atoms with Crippen LogP contribution in [-0.2, 0) is 6.54 Å². The number of nitrogens with two attached hydrogens (primary N) is 1. The number of pyridine rings is 1. The Morgan fingerprint density at radius 2 is 2.20 bits per heavy atom. The maximum absolute atomic E-state index is 13.0. The van der Waals surface area contributed by atoms with Gasteiger partial charge in [0.15, 0.2) is 0 Å². The highest BCUT2D eigenvalue weighted by Crippen LogP contribution is 2.60. The molecule has 0 saturated heterocycles. The Balaban J connectivity index is 2.27. The highest BCUT2D eigenvalue weighted by molar-refractivity contribution is 5.33. The molecule has 1 unspecified atom stereocenters. The summed E-state index contributed by atoms with van der Waals surface area (Å²) in [6.45, 7) is 1.49. The molecule has 0 amide bonds. The summed E-state index contributed by atoms with van der Waals surface area (Å²) in [6, 6.07) is 3.05. The zero-order valence-electron chi connectivity index (χ0n) is 8.34. The SMILES string of the molecule is CC1(Cn2cccc(N)c2=O)CC1(F)F. The molecule has 1 saturated carbocycles. The monoisotopic (exact) mass is 214 g/mol. The predicted octanol–water partition coefficient (Wildman–Crippen LogP) is 1.48. The molecule has 82 valence electrons. The number of hydrogen-bond acceptors (Lipinski definition) is 2. The molecule has 0 aromatic carbocycles. The van der Waals surface area contributed by atoms with Gasteiger partial charge < -0.3 is 10.3 Å². The van der Waals surface area contributed by atoms with Gasteiger partial charge in [0.1, 0.15) is 0 Å². The van der Waals surface area contributed by atoms with Crippen LogP contribution >= 0.6 is 0 Å². The summed E-state index contributed by atoms with van der Waals surface area (Å²) in [6.07, 6.45) is 1.32. The van der Waals surface area contributed by atoms with Crippen molar-refractivity contribution in [3.63, 3.8) is 0 Å². The van der Waals surface area contributed by atoms with Gasteiger partial charge >= 0.3 is 0 Å². The number of nitrogen functional groups attached to an aromatic ring is 1. The van der Waals surface area contributed by atoms with E-state index in [0.717, 1.165) is 0 Å². The molecule has 5 heteroatoms. The molecule has 0 spiro atoms. The topological polar surface area (TPSA) is 48.0 Å². The van der Waals surface area contributed by atoms with Crippen molar-refractivity contribution >= 4 is 5.69 Å². The van der Waals surface area contributed by atoms with E-state index in [1.165, 1.54) is 23.8 Å². The van der Waals surface area contributed by atoms with Crippen LogP contribution in [0, 0.1) is 5.41 Å². The molecule has 0 aliphatic heterocycles. The fourth-order valence-corrected chi connectivity index (χ4v) is 1.67. The lowest BCUT2D eigenvalue weighted by atomic mass is 10.1. The van der Waals surface area contributed by atoms with E-state index in [-0.39, 0.29) is 18.7 Å². The van der Waals surface area contributed by atoms with Crippen LogP contribution in [0.25, 0.3) is 0 Å². The van der Waals surface area contributed by atoms with E-state index in [2.05, 4.69) is 0 Å². The van der Waals surface area contributed by atoms with Crippen LogP contribution in [0.2, 0.25) is 0 Å². The number of anilines is 1. The Morgan fingerprint density at radius 1 is 1.60 bits per heavy atom. The van der Waals surface area contributed by atoms with Crippen LogP contribution in [0.5, 0.6) is 0 Å². The van der Waals surface area contributed by atoms with Crippen molar-refractivity contribution in [2.75, 3.05) is 5.73 Å². The number of aromatic nitrogens is 1. The molecule has 1 heterocycles. The van der Waals surface area contributed by atoms with Gasteiger partial charge in [0, 0.05) is 19.2 Å². The molecule has 1 aromatic heterocycles. The van der Waals surface area contributed by atoms with Crippen molar-refractivity contribution in [3.8, 4) is 0 Å². The molecule has 2 rings (SSSR count). The van der Waals surface area contributed by atoms with Crippen LogP contribution in [0.3, 0.4) is 0 Å². The van der Waals surface area contributed by atoms with Crippen molar-refractivity contribution < 1.29 is 8.78 Å². The molecular formula is C10H12F2N2O. The van der Waals surface area contributed by atoms with E-state index in [4.69, 9.17) is 5.73 Å². The molecule has 1 atom stereocenters. The van der Waals surface area contributed by atoms with E-state index in [0.29, 0.717) is 0 Å². The lowest BCUT2D eigenvalue weighted by Crippen LogP contribution is -2.27. The summed E-state index contributed by atoms with van der Waals surface area (Å²) in [5.74, 6) is -2.66. The smallest absolute Gasteiger partial charge is 0.273 e. The Bertz CT molecular complexity index is 455. The van der Waals surface area contributed by atoms with Gasteiger partial charge in [-0.15, -0.1) is 0 Å². The van der Waals surface area contributed by atoms with Crippen LogP contribution in [0.1, 0.15) is 13.3 Å². The Labute approximate surface area is 85.5 Å². The molecule has 1 aliphatic rings. The van der Waals surface area contributed by atoms with Crippen LogP contribution in [0.4, 0.5) is 14.5 Å². The van der Waals surface area contributed by atoms with Gasteiger partial charge in [0.2, 0.25) is 0 Å². The first-order valence-corrected chi connectivity index (χ1v) is 4.68. The maximum atomic E-state index is 13.0. The normalized spacial score (nSPS) is 27.7. The molecule has 1 aliphatic carbocycles. The first-order valence-electron chi connectivity index (χ1n) is 4.68. The van der Waals surface area contributed by atoms with Crippen molar-refractivity contribution in [3.05, 3.63) is 28.7 Å². The van der Waals surface area contributed by atoms with Gasteiger partial charge in [-0.2, -0.15) is 0 Å². The highest BCUT2D eigenvalue weighted by Gasteiger charge is 2.67. The van der Waals surface area contributed by atoms with Crippen LogP contribution in [-0.4, -0.2) is 10.5 Å². The standard InChI is InChI=1S/C10H12F2N2O/c1-9(5-10(9,11)12)6-14-4-2-3-7(13)8(14)15/h2-4H,5-6,13H2,1H3. The van der Waals surface area contributed by atoms with Crippen molar-refractivity contribution in [2.45, 2.75) is 25.8 Å². The second-order valence-electron chi connectivity index (χ2n) is 4.34. The Morgan fingerprint density at radius 3 is 2.73 bits per heavy atom. The zero-order valence-corrected chi connectivity index (χ0v) is 8.34. The fourth-order valence-electron chi connectivity index (χ4n) is 1.67. The lowest BCUT2D eigenvalue weighted by molar-refractivity contribution is 0.0633. The van der Waals surface area contributed by atoms with Crippen molar-refractivity contribution in [1.29, 1.82) is 0 Å². The predicted molar refractivity (Wildman–Crippen MR) is 52.8 cm³/mol. The van der Waals surface area contributed by atoms with E-state index >= 15 is 0 Å². The Hall–Kier alpha value is -1.39. The number of alkyl halides is 2. The van der Waals surface area contributed by atoms with Gasteiger partial charge in [-0.05, 0) is 12.1 Å². The largest absolute Gasteiger partial charge is 0.394 e. The summed E-state index contributed by atoms with van der Waals surface area (Å²) in [4.78, 5) is 11.5. The molecule has 1 aromatic rings. The summed E-state index contributed by atoms with van der Waals surface area (Å²) in [5.41, 5.74) is 4.00. The average molecular weight is 214 g/mol. The minimum atomic E-state index is -2.66. The minimum absolute atomic E-state index is 0.0177. The first kappa shape index (κ1) is 10.1. The average Bonchev–Trinajstić information content (AvgIpc) is 2.60. The summed E-state index contributed by atoms with van der Waals surface area (Å²) >= 11 is 0. The third kappa shape index (κ3) is 1.52. The maximum Gasteiger partial charge on any atom is 0.273 e. The summed E-state index contributed by atoms with van der Waals surface area (Å²) < 4.78 is 27.2. The molecule has 1 fully saturated rings. The number of nitrogens with zero attached hydrogens (tertiary/aromatic N) is 1. The van der Waals surface area contributed by atoms with Crippen molar-refractivity contribution in [2.24, 2.45) is 5.41 Å². The zero-order chi connectivity index (χ0) is 11.3. The van der Waals surface area contributed by atoms with Crippen molar-refractivity contribution in [1.82, 2.24) is 4.57 Å². The highest BCUT2D eigenvalue weighted by atomic mass is 19.3.